The Labute approximate surface area is 149 Å². The number of nitrogens with zero attached hydrogens (tertiary/aromatic N) is 1. The lowest BCUT2D eigenvalue weighted by Gasteiger charge is -2.26. The van der Waals surface area contributed by atoms with Crippen LogP contribution in [-0.4, -0.2) is 28.9 Å². The summed E-state index contributed by atoms with van der Waals surface area (Å²) in [6.45, 7) is 3.06. The zero-order valence-corrected chi connectivity index (χ0v) is 14.4. The molecule has 0 unspecified atom stereocenters. The highest BCUT2D eigenvalue weighted by Crippen LogP contribution is 2.30. The van der Waals surface area contributed by atoms with Crippen LogP contribution >= 0.6 is 0 Å². The van der Waals surface area contributed by atoms with Crippen LogP contribution in [-0.2, 0) is 0 Å². The zero-order chi connectivity index (χ0) is 18.3. The lowest BCUT2D eigenvalue weighted by Crippen LogP contribution is -2.34. The van der Waals surface area contributed by atoms with Crippen molar-refractivity contribution >= 4 is 22.4 Å². The molecular formula is C21H18F2N2O. The van der Waals surface area contributed by atoms with Crippen LogP contribution in [0.2, 0.25) is 0 Å². The number of hydrogen-bond acceptors (Lipinski definition) is 1. The van der Waals surface area contributed by atoms with E-state index < -0.39 is 11.6 Å². The number of nitrogens with one attached hydrogen (secondary N) is 1. The van der Waals surface area contributed by atoms with E-state index in [0.29, 0.717) is 13.1 Å². The average Bonchev–Trinajstić information content (AvgIpc) is 3.09. The van der Waals surface area contributed by atoms with E-state index in [2.05, 4.69) is 24.0 Å². The van der Waals surface area contributed by atoms with Crippen LogP contribution in [0.1, 0.15) is 27.9 Å². The highest BCUT2D eigenvalue weighted by Gasteiger charge is 2.21. The molecule has 0 saturated carbocycles. The number of halogens is 2. The van der Waals surface area contributed by atoms with E-state index in [1.54, 1.807) is 4.90 Å². The van der Waals surface area contributed by atoms with E-state index in [1.807, 2.05) is 18.3 Å². The first-order valence-corrected chi connectivity index (χ1v) is 8.55. The van der Waals surface area contributed by atoms with E-state index in [1.165, 1.54) is 22.6 Å². The van der Waals surface area contributed by atoms with E-state index >= 15 is 0 Å². The minimum atomic E-state index is -1.00. The molecule has 1 N–H and O–H groups in total. The van der Waals surface area contributed by atoms with Gasteiger partial charge in [0.15, 0.2) is 11.6 Å². The topological polar surface area (TPSA) is 36.1 Å². The molecule has 0 spiro atoms. The second-order valence-electron chi connectivity index (χ2n) is 6.56. The number of para-hydroxylation sites is 1. The normalized spacial score (nSPS) is 14.6. The fourth-order valence-electron chi connectivity index (χ4n) is 3.48. The maximum Gasteiger partial charge on any atom is 0.254 e. The van der Waals surface area contributed by atoms with Crippen molar-refractivity contribution in [1.82, 2.24) is 9.88 Å². The van der Waals surface area contributed by atoms with Crippen molar-refractivity contribution in [3.05, 3.63) is 77.0 Å². The van der Waals surface area contributed by atoms with Gasteiger partial charge in [0.2, 0.25) is 0 Å². The number of benzene rings is 2. The molecule has 0 bridgehead atoms. The molecule has 1 aromatic heterocycles. The lowest BCUT2D eigenvalue weighted by molar-refractivity contribution is 0.0772. The van der Waals surface area contributed by atoms with Gasteiger partial charge in [0.25, 0.3) is 5.91 Å². The van der Waals surface area contributed by atoms with Crippen molar-refractivity contribution in [2.75, 3.05) is 13.1 Å². The van der Waals surface area contributed by atoms with Crippen LogP contribution in [0.25, 0.3) is 16.5 Å². The lowest BCUT2D eigenvalue weighted by atomic mass is 9.98. The Kier molecular flexibility index (Phi) is 4.07. The Morgan fingerprint density at radius 2 is 2.00 bits per heavy atom. The molecule has 0 atom stereocenters. The molecule has 4 rings (SSSR count). The molecule has 2 aromatic carbocycles. The van der Waals surface area contributed by atoms with Gasteiger partial charge in [-0.25, -0.2) is 8.78 Å². The van der Waals surface area contributed by atoms with Crippen molar-refractivity contribution in [2.24, 2.45) is 0 Å². The van der Waals surface area contributed by atoms with E-state index in [-0.39, 0.29) is 11.5 Å². The molecule has 0 aliphatic carbocycles. The number of hydrogen-bond donors (Lipinski definition) is 1. The van der Waals surface area contributed by atoms with Gasteiger partial charge in [0.05, 0.1) is 0 Å². The van der Waals surface area contributed by atoms with E-state index in [4.69, 9.17) is 0 Å². The third-order valence-electron chi connectivity index (χ3n) is 4.93. The first kappa shape index (κ1) is 16.5. The minimum absolute atomic E-state index is 0.170. The number of aromatic amines is 1. The summed E-state index contributed by atoms with van der Waals surface area (Å²) in [6, 6.07) is 9.47. The quantitative estimate of drug-likeness (QED) is 0.714. The second kappa shape index (κ2) is 6.41. The average molecular weight is 352 g/mol. The number of carbonyl (C=O) groups excluding carboxylic acids is 1. The van der Waals surface area contributed by atoms with Crippen molar-refractivity contribution in [3.63, 3.8) is 0 Å². The first-order valence-electron chi connectivity index (χ1n) is 8.55. The molecule has 132 valence electrons. The molecule has 5 heteroatoms. The molecule has 26 heavy (non-hydrogen) atoms. The molecule has 2 heterocycles. The van der Waals surface area contributed by atoms with Crippen LogP contribution in [0.15, 0.2) is 48.7 Å². The highest BCUT2D eigenvalue weighted by molar-refractivity contribution is 5.96. The van der Waals surface area contributed by atoms with Crippen molar-refractivity contribution in [2.45, 2.75) is 13.3 Å². The van der Waals surface area contributed by atoms with Gasteiger partial charge in [-0.15, -0.1) is 0 Å². The van der Waals surface area contributed by atoms with Gasteiger partial charge in [-0.2, -0.15) is 0 Å². The number of aryl methyl sites for hydroxylation is 1. The number of H-pyrrole nitrogens is 1. The maximum atomic E-state index is 13.4. The van der Waals surface area contributed by atoms with Crippen LogP contribution in [0.4, 0.5) is 8.78 Å². The van der Waals surface area contributed by atoms with Crippen molar-refractivity contribution < 1.29 is 13.6 Å². The van der Waals surface area contributed by atoms with Gasteiger partial charge in [0, 0.05) is 41.3 Å². The predicted octanol–water partition coefficient (Wildman–Crippen LogP) is 4.68. The summed E-state index contributed by atoms with van der Waals surface area (Å²) >= 11 is 0. The Balaban J connectivity index is 1.57. The molecule has 1 aliphatic rings. The number of fused-ring (bicyclic) bond motifs is 1. The van der Waals surface area contributed by atoms with Crippen LogP contribution in [0, 0.1) is 18.6 Å². The molecule has 0 radical (unpaired) electrons. The Morgan fingerprint density at radius 1 is 1.15 bits per heavy atom. The van der Waals surface area contributed by atoms with Crippen LogP contribution in [0.3, 0.4) is 0 Å². The Bertz CT molecular complexity index is 1040. The Morgan fingerprint density at radius 3 is 2.73 bits per heavy atom. The molecule has 3 nitrogen and oxygen atoms in total. The first-order chi connectivity index (χ1) is 12.5. The third-order valence-corrected chi connectivity index (χ3v) is 4.93. The molecule has 1 amide bonds. The summed E-state index contributed by atoms with van der Waals surface area (Å²) in [5.74, 6) is -2.23. The van der Waals surface area contributed by atoms with Crippen molar-refractivity contribution in [3.8, 4) is 0 Å². The molecule has 1 aliphatic heterocycles. The number of rotatable bonds is 2. The van der Waals surface area contributed by atoms with E-state index in [0.717, 1.165) is 29.6 Å². The molecule has 0 fully saturated rings. The predicted molar refractivity (Wildman–Crippen MR) is 97.9 cm³/mol. The monoisotopic (exact) mass is 352 g/mol. The van der Waals surface area contributed by atoms with Gasteiger partial charge in [0.1, 0.15) is 0 Å². The van der Waals surface area contributed by atoms with Crippen molar-refractivity contribution in [1.29, 1.82) is 0 Å². The zero-order valence-electron chi connectivity index (χ0n) is 14.4. The smallest absolute Gasteiger partial charge is 0.254 e. The fourth-order valence-corrected chi connectivity index (χ4v) is 3.48. The maximum absolute atomic E-state index is 13.4. The largest absolute Gasteiger partial charge is 0.360 e. The van der Waals surface area contributed by atoms with E-state index in [9.17, 15) is 13.6 Å². The number of amides is 1. The number of carbonyl (C=O) groups is 1. The number of aromatic nitrogens is 1. The minimum Gasteiger partial charge on any atom is -0.360 e. The molecular weight excluding hydrogens is 334 g/mol. The van der Waals surface area contributed by atoms with Gasteiger partial charge in [-0.3, -0.25) is 4.79 Å². The Hall–Kier alpha value is -2.95. The SMILES string of the molecule is Cc1cccc2c(C3=CCN(C(=O)c4ccc(F)c(F)c4)CC3)c[nH]c12. The molecule has 0 saturated heterocycles. The summed E-state index contributed by atoms with van der Waals surface area (Å²) in [6.07, 6.45) is 4.76. The summed E-state index contributed by atoms with van der Waals surface area (Å²) in [5, 5.41) is 1.18. The summed E-state index contributed by atoms with van der Waals surface area (Å²) in [4.78, 5) is 17.5. The van der Waals surface area contributed by atoms with Crippen LogP contribution < -0.4 is 0 Å². The second-order valence-corrected chi connectivity index (χ2v) is 6.56. The molecule has 3 aromatic rings. The highest BCUT2D eigenvalue weighted by atomic mass is 19.2. The summed E-state index contributed by atoms with van der Waals surface area (Å²) in [7, 11) is 0. The fraction of sp³-hybridized carbons (Fsp3) is 0.190. The van der Waals surface area contributed by atoms with Gasteiger partial charge < -0.3 is 9.88 Å². The third kappa shape index (κ3) is 2.79. The summed E-state index contributed by atoms with van der Waals surface area (Å²) < 4.78 is 26.4. The van der Waals surface area contributed by atoms with Gasteiger partial charge in [-0.1, -0.05) is 24.3 Å². The van der Waals surface area contributed by atoms with Gasteiger partial charge >= 0.3 is 0 Å². The standard InChI is InChI=1S/C21H18F2N2O/c1-13-3-2-4-16-17(12-24-20(13)16)14-7-9-25(10-8-14)21(26)15-5-6-18(22)19(23)11-15/h2-7,11-12,24H,8-10H2,1H3. The summed E-state index contributed by atoms with van der Waals surface area (Å²) in [5.41, 5.74) is 4.84. The van der Waals surface area contributed by atoms with Gasteiger partial charge in [-0.05, 0) is 42.7 Å². The van der Waals surface area contributed by atoms with Crippen LogP contribution in [0.5, 0.6) is 0 Å².